The Bertz CT molecular complexity index is 221. The average Bonchev–Trinajstić information content (AvgIpc) is 2.81. The van der Waals surface area contributed by atoms with Crippen LogP contribution in [0.3, 0.4) is 0 Å². The molecule has 1 saturated carbocycles. The fourth-order valence-corrected chi connectivity index (χ4v) is 1.85. The van der Waals surface area contributed by atoms with Crippen LogP contribution in [-0.4, -0.2) is 34.4 Å². The normalized spacial score (nSPS) is 18.1. The maximum absolute atomic E-state index is 11.1. The lowest BCUT2D eigenvalue weighted by Gasteiger charge is -2.04. The molecule has 0 saturated heterocycles. The number of hydrogen-bond acceptors (Lipinski definition) is 3. The lowest BCUT2D eigenvalue weighted by molar-refractivity contribution is 0.217. The molecule has 1 aliphatic carbocycles. The summed E-state index contributed by atoms with van der Waals surface area (Å²) in [6, 6.07) is 0. The van der Waals surface area contributed by atoms with Gasteiger partial charge in [-0.05, 0) is 18.8 Å². The zero-order valence-corrected chi connectivity index (χ0v) is 8.06. The van der Waals surface area contributed by atoms with Crippen LogP contribution >= 0.6 is 0 Å². The van der Waals surface area contributed by atoms with E-state index in [1.807, 2.05) is 0 Å². The average molecular weight is 193 g/mol. The molecule has 12 heavy (non-hydrogen) atoms. The predicted octanol–water partition coefficient (Wildman–Crippen LogP) is -0.0378. The molecule has 0 spiro atoms. The fraction of sp³-hybridized carbons (Fsp3) is 1.00. The molecule has 0 radical (unpaired) electrons. The lowest BCUT2D eigenvalue weighted by Crippen LogP contribution is -2.29. The maximum atomic E-state index is 11.1. The van der Waals surface area contributed by atoms with Crippen molar-refractivity contribution in [1.82, 2.24) is 4.72 Å². The Labute approximate surface area is 73.3 Å². The lowest BCUT2D eigenvalue weighted by atomic mass is 10.4. The first-order valence-electron chi connectivity index (χ1n) is 4.10. The number of hydrogen-bond donors (Lipinski definition) is 1. The van der Waals surface area contributed by atoms with Crippen LogP contribution in [0.15, 0.2) is 0 Å². The van der Waals surface area contributed by atoms with Gasteiger partial charge in [-0.2, -0.15) is 0 Å². The van der Waals surface area contributed by atoms with Crippen LogP contribution in [0.4, 0.5) is 0 Å². The number of rotatable bonds is 6. The molecule has 0 heterocycles. The first kappa shape index (κ1) is 9.95. The number of ether oxygens (including phenoxy) is 1. The Kier molecular flexibility index (Phi) is 3.49. The van der Waals surface area contributed by atoms with Gasteiger partial charge in [0, 0.05) is 13.7 Å². The molecule has 1 N–H and O–H groups in total. The van der Waals surface area contributed by atoms with Crippen molar-refractivity contribution in [2.24, 2.45) is 5.92 Å². The quantitative estimate of drug-likeness (QED) is 0.644. The van der Waals surface area contributed by atoms with Crippen LogP contribution in [0, 0.1) is 5.92 Å². The third-order valence-electron chi connectivity index (χ3n) is 1.85. The zero-order valence-electron chi connectivity index (χ0n) is 7.25. The topological polar surface area (TPSA) is 55.4 Å². The first-order chi connectivity index (χ1) is 5.64. The van der Waals surface area contributed by atoms with E-state index in [2.05, 4.69) is 9.46 Å². The van der Waals surface area contributed by atoms with E-state index in [9.17, 15) is 8.42 Å². The van der Waals surface area contributed by atoms with E-state index in [0.717, 1.165) is 12.8 Å². The second kappa shape index (κ2) is 4.20. The summed E-state index contributed by atoms with van der Waals surface area (Å²) in [4.78, 5) is 0. The Morgan fingerprint density at radius 1 is 1.50 bits per heavy atom. The van der Waals surface area contributed by atoms with Gasteiger partial charge in [0.1, 0.15) is 0 Å². The van der Waals surface area contributed by atoms with Gasteiger partial charge < -0.3 is 4.74 Å². The summed E-state index contributed by atoms with van der Waals surface area (Å²) in [5.41, 5.74) is 0. The summed E-state index contributed by atoms with van der Waals surface area (Å²) < 4.78 is 29.5. The highest BCUT2D eigenvalue weighted by molar-refractivity contribution is 7.89. The molecule has 72 valence electrons. The second-order valence-corrected chi connectivity index (χ2v) is 5.03. The smallest absolute Gasteiger partial charge is 0.213 e. The van der Waals surface area contributed by atoms with Crippen molar-refractivity contribution in [3.63, 3.8) is 0 Å². The monoisotopic (exact) mass is 193 g/mol. The van der Waals surface area contributed by atoms with Crippen LogP contribution in [0.2, 0.25) is 0 Å². The maximum Gasteiger partial charge on any atom is 0.213 e. The van der Waals surface area contributed by atoms with Crippen LogP contribution in [0.1, 0.15) is 12.8 Å². The minimum Gasteiger partial charge on any atom is -0.384 e. The van der Waals surface area contributed by atoms with Crippen molar-refractivity contribution in [3.05, 3.63) is 0 Å². The molecule has 5 heteroatoms. The van der Waals surface area contributed by atoms with Gasteiger partial charge in [0.2, 0.25) is 10.0 Å². The summed E-state index contributed by atoms with van der Waals surface area (Å²) in [5, 5.41) is 0. The summed E-state index contributed by atoms with van der Waals surface area (Å²) in [6.07, 6.45) is 2.32. The third-order valence-corrected chi connectivity index (χ3v) is 3.16. The van der Waals surface area contributed by atoms with E-state index in [1.165, 1.54) is 7.11 Å². The van der Waals surface area contributed by atoms with E-state index >= 15 is 0 Å². The molecule has 0 amide bonds. The van der Waals surface area contributed by atoms with Gasteiger partial charge in [0.05, 0.1) is 12.4 Å². The number of methoxy groups -OCH3 is 1. The van der Waals surface area contributed by atoms with Crippen LogP contribution in [0.25, 0.3) is 0 Å². The molecule has 0 unspecified atom stereocenters. The summed E-state index contributed by atoms with van der Waals surface area (Å²) >= 11 is 0. The second-order valence-electron chi connectivity index (χ2n) is 3.10. The van der Waals surface area contributed by atoms with Crippen molar-refractivity contribution >= 4 is 10.0 Å². The third kappa shape index (κ3) is 4.04. The van der Waals surface area contributed by atoms with Crippen molar-refractivity contribution in [2.75, 3.05) is 26.0 Å². The predicted molar refractivity (Wildman–Crippen MR) is 46.4 cm³/mol. The van der Waals surface area contributed by atoms with Crippen LogP contribution in [0.5, 0.6) is 0 Å². The van der Waals surface area contributed by atoms with E-state index in [1.54, 1.807) is 0 Å². The zero-order chi connectivity index (χ0) is 9.03. The van der Waals surface area contributed by atoms with Crippen molar-refractivity contribution in [3.8, 4) is 0 Å². The standard InChI is InChI=1S/C7H15NO3S/c1-11-4-5-12(9,10)8-6-7-2-3-7/h7-8H,2-6H2,1H3. The van der Waals surface area contributed by atoms with Gasteiger partial charge in [0.15, 0.2) is 0 Å². The highest BCUT2D eigenvalue weighted by Crippen LogP contribution is 2.27. The Hall–Kier alpha value is -0.130. The molecule has 1 aliphatic rings. The Morgan fingerprint density at radius 2 is 2.17 bits per heavy atom. The molecule has 0 aromatic carbocycles. The number of sulfonamides is 1. The Balaban J connectivity index is 2.17. The van der Waals surface area contributed by atoms with Crippen LogP contribution in [-0.2, 0) is 14.8 Å². The molecule has 4 nitrogen and oxygen atoms in total. The van der Waals surface area contributed by atoms with Gasteiger partial charge in [-0.1, -0.05) is 0 Å². The largest absolute Gasteiger partial charge is 0.384 e. The van der Waals surface area contributed by atoms with Crippen molar-refractivity contribution in [2.45, 2.75) is 12.8 Å². The van der Waals surface area contributed by atoms with E-state index in [4.69, 9.17) is 0 Å². The molecular weight excluding hydrogens is 178 g/mol. The first-order valence-corrected chi connectivity index (χ1v) is 5.75. The number of nitrogens with one attached hydrogen (secondary N) is 1. The molecule has 0 aromatic heterocycles. The van der Waals surface area contributed by atoms with E-state index < -0.39 is 10.0 Å². The molecule has 1 fully saturated rings. The summed E-state index contributed by atoms with van der Waals surface area (Å²) in [7, 11) is -1.58. The summed E-state index contributed by atoms with van der Waals surface area (Å²) in [5.74, 6) is 0.651. The van der Waals surface area contributed by atoms with E-state index in [0.29, 0.717) is 12.5 Å². The highest BCUT2D eigenvalue weighted by atomic mass is 32.2. The molecular formula is C7H15NO3S. The van der Waals surface area contributed by atoms with Gasteiger partial charge in [0.25, 0.3) is 0 Å². The highest BCUT2D eigenvalue weighted by Gasteiger charge is 2.23. The van der Waals surface area contributed by atoms with Crippen LogP contribution < -0.4 is 4.72 Å². The SMILES string of the molecule is COCCS(=O)(=O)NCC1CC1. The van der Waals surface area contributed by atoms with Crippen molar-refractivity contribution < 1.29 is 13.2 Å². The van der Waals surface area contributed by atoms with Gasteiger partial charge in [-0.25, -0.2) is 13.1 Å². The fourth-order valence-electron chi connectivity index (χ4n) is 0.832. The molecule has 0 aromatic rings. The molecule has 1 rings (SSSR count). The van der Waals surface area contributed by atoms with Gasteiger partial charge in [-0.3, -0.25) is 0 Å². The summed E-state index contributed by atoms with van der Waals surface area (Å²) in [6.45, 7) is 0.867. The molecule has 0 aliphatic heterocycles. The minimum atomic E-state index is -3.07. The van der Waals surface area contributed by atoms with Gasteiger partial charge >= 0.3 is 0 Å². The van der Waals surface area contributed by atoms with E-state index in [-0.39, 0.29) is 12.4 Å². The van der Waals surface area contributed by atoms with Crippen molar-refractivity contribution in [1.29, 1.82) is 0 Å². The molecule has 0 bridgehead atoms. The molecule has 0 atom stereocenters. The van der Waals surface area contributed by atoms with Gasteiger partial charge in [-0.15, -0.1) is 0 Å². The Morgan fingerprint density at radius 3 is 2.67 bits per heavy atom. The minimum absolute atomic E-state index is 0.0657.